The molecule has 114 valence electrons. The van der Waals surface area contributed by atoms with E-state index in [0.29, 0.717) is 25.6 Å². The van der Waals surface area contributed by atoms with Gasteiger partial charge in [0.2, 0.25) is 5.91 Å². The highest BCUT2D eigenvalue weighted by Gasteiger charge is 2.29. The van der Waals surface area contributed by atoms with Crippen molar-refractivity contribution in [2.45, 2.75) is 39.7 Å². The molecule has 0 aromatic heterocycles. The van der Waals surface area contributed by atoms with Crippen LogP contribution in [0.4, 0.5) is 0 Å². The van der Waals surface area contributed by atoms with Crippen molar-refractivity contribution in [2.75, 3.05) is 19.8 Å². The molecule has 2 heterocycles. The van der Waals surface area contributed by atoms with Crippen LogP contribution in [0.25, 0.3) is 0 Å². The van der Waals surface area contributed by atoms with Crippen LogP contribution in [-0.4, -0.2) is 30.6 Å². The second-order valence-corrected chi connectivity index (χ2v) is 6.31. The average Bonchev–Trinajstić information content (AvgIpc) is 2.45. The number of rotatable bonds is 2. The summed E-state index contributed by atoms with van der Waals surface area (Å²) in [5.41, 5.74) is 2.47. The van der Waals surface area contributed by atoms with Gasteiger partial charge in [0.1, 0.15) is 13.2 Å². The maximum atomic E-state index is 12.4. The molecule has 0 bridgehead atoms. The zero-order valence-corrected chi connectivity index (χ0v) is 13.0. The number of fused-ring (bicyclic) bond motifs is 2. The zero-order chi connectivity index (χ0) is 15.0. The van der Waals surface area contributed by atoms with E-state index in [9.17, 15) is 4.79 Å². The van der Waals surface area contributed by atoms with Gasteiger partial charge in [-0.25, -0.2) is 0 Å². The molecule has 2 aliphatic rings. The Bertz CT molecular complexity index is 553. The summed E-state index contributed by atoms with van der Waals surface area (Å²) in [5, 5.41) is 0. The second kappa shape index (κ2) is 5.58. The molecule has 0 aliphatic carbocycles. The van der Waals surface area contributed by atoms with Crippen LogP contribution in [0, 0.1) is 5.92 Å². The molecule has 1 aromatic carbocycles. The third-order valence-electron chi connectivity index (χ3n) is 4.25. The Morgan fingerprint density at radius 1 is 1.29 bits per heavy atom. The van der Waals surface area contributed by atoms with Gasteiger partial charge in [0.15, 0.2) is 11.5 Å². The average molecular weight is 289 g/mol. The molecule has 0 spiro atoms. The van der Waals surface area contributed by atoms with E-state index in [1.165, 1.54) is 11.1 Å². The predicted molar refractivity (Wildman–Crippen MR) is 80.7 cm³/mol. The molecule has 1 atom stereocenters. The molecule has 1 unspecified atom stereocenters. The summed E-state index contributed by atoms with van der Waals surface area (Å²) in [6, 6.07) is 4.25. The first kappa shape index (κ1) is 14.2. The highest BCUT2D eigenvalue weighted by molar-refractivity contribution is 5.77. The molecule has 2 aliphatic heterocycles. The molecule has 0 N–H and O–H groups in total. The Morgan fingerprint density at radius 2 is 1.95 bits per heavy atom. The Labute approximate surface area is 126 Å². The van der Waals surface area contributed by atoms with E-state index in [0.717, 1.165) is 24.5 Å². The minimum atomic E-state index is 0.107. The first-order chi connectivity index (χ1) is 10.1. The van der Waals surface area contributed by atoms with Crippen molar-refractivity contribution in [1.29, 1.82) is 0 Å². The van der Waals surface area contributed by atoms with Gasteiger partial charge < -0.3 is 14.4 Å². The van der Waals surface area contributed by atoms with E-state index in [2.05, 4.69) is 32.9 Å². The van der Waals surface area contributed by atoms with Gasteiger partial charge in [-0.15, -0.1) is 0 Å². The fourth-order valence-electron chi connectivity index (χ4n) is 3.16. The molecular weight excluding hydrogens is 266 g/mol. The molecule has 21 heavy (non-hydrogen) atoms. The van der Waals surface area contributed by atoms with Crippen molar-refractivity contribution < 1.29 is 14.3 Å². The second-order valence-electron chi connectivity index (χ2n) is 6.31. The van der Waals surface area contributed by atoms with Gasteiger partial charge in [-0.1, -0.05) is 13.8 Å². The van der Waals surface area contributed by atoms with E-state index >= 15 is 0 Å². The van der Waals surface area contributed by atoms with Crippen molar-refractivity contribution in [2.24, 2.45) is 5.92 Å². The molecule has 3 rings (SSSR count). The Balaban J connectivity index is 1.87. The maximum absolute atomic E-state index is 12.4. The maximum Gasteiger partial charge on any atom is 0.223 e. The Morgan fingerprint density at radius 3 is 2.62 bits per heavy atom. The summed E-state index contributed by atoms with van der Waals surface area (Å²) in [6.45, 7) is 8.27. The van der Waals surface area contributed by atoms with Gasteiger partial charge in [-0.2, -0.15) is 0 Å². The van der Waals surface area contributed by atoms with E-state index < -0.39 is 0 Å². The van der Waals surface area contributed by atoms with E-state index in [1.54, 1.807) is 0 Å². The number of nitrogens with zero attached hydrogens (tertiary/aromatic N) is 1. The van der Waals surface area contributed by atoms with Crippen LogP contribution in [0.5, 0.6) is 11.5 Å². The van der Waals surface area contributed by atoms with Crippen molar-refractivity contribution in [1.82, 2.24) is 4.90 Å². The van der Waals surface area contributed by atoms with Crippen LogP contribution in [0.2, 0.25) is 0 Å². The smallest absolute Gasteiger partial charge is 0.223 e. The quantitative estimate of drug-likeness (QED) is 0.840. The highest BCUT2D eigenvalue weighted by Crippen LogP contribution is 2.39. The van der Waals surface area contributed by atoms with Crippen molar-refractivity contribution >= 4 is 5.91 Å². The van der Waals surface area contributed by atoms with E-state index in [1.807, 2.05) is 4.90 Å². The van der Waals surface area contributed by atoms with Gasteiger partial charge in [0.25, 0.3) is 0 Å². The van der Waals surface area contributed by atoms with Gasteiger partial charge >= 0.3 is 0 Å². The van der Waals surface area contributed by atoms with Crippen molar-refractivity contribution in [3.63, 3.8) is 0 Å². The monoisotopic (exact) mass is 289 g/mol. The molecule has 0 saturated carbocycles. The third kappa shape index (κ3) is 2.71. The number of ether oxygens (including phenoxy) is 2. The number of carbonyl (C=O) groups excluding carboxylic acids is 1. The number of amides is 1. The predicted octanol–water partition coefficient (Wildman–Crippen LogP) is 2.95. The van der Waals surface area contributed by atoms with Gasteiger partial charge in [0.05, 0.1) is 6.04 Å². The molecule has 4 nitrogen and oxygen atoms in total. The van der Waals surface area contributed by atoms with Crippen molar-refractivity contribution in [3.8, 4) is 11.5 Å². The van der Waals surface area contributed by atoms with Crippen LogP contribution in [0.15, 0.2) is 12.1 Å². The normalized spacial score (nSPS) is 20.4. The fraction of sp³-hybridized carbons (Fsp3) is 0.588. The summed E-state index contributed by atoms with van der Waals surface area (Å²) >= 11 is 0. The minimum absolute atomic E-state index is 0.107. The number of hydrogen-bond donors (Lipinski definition) is 0. The lowest BCUT2D eigenvalue weighted by atomic mass is 9.92. The first-order valence-electron chi connectivity index (χ1n) is 7.78. The van der Waals surface area contributed by atoms with Crippen LogP contribution in [-0.2, 0) is 11.2 Å². The van der Waals surface area contributed by atoms with Crippen LogP contribution >= 0.6 is 0 Å². The summed E-state index contributed by atoms with van der Waals surface area (Å²) in [4.78, 5) is 14.4. The van der Waals surface area contributed by atoms with Crippen LogP contribution in [0.3, 0.4) is 0 Å². The SMILES string of the molecule is CC(C)CC(=O)N1CCc2cc3c(cc2C1C)OCCO3. The molecule has 1 aromatic rings. The summed E-state index contributed by atoms with van der Waals surface area (Å²) in [6.07, 6.45) is 1.50. The number of hydrogen-bond acceptors (Lipinski definition) is 3. The van der Waals surface area contributed by atoms with Gasteiger partial charge in [-0.3, -0.25) is 4.79 Å². The Kier molecular flexibility index (Phi) is 3.79. The van der Waals surface area contributed by atoms with E-state index in [4.69, 9.17) is 9.47 Å². The summed E-state index contributed by atoms with van der Waals surface area (Å²) in [7, 11) is 0. The van der Waals surface area contributed by atoms with Gasteiger partial charge in [-0.05, 0) is 42.5 Å². The topological polar surface area (TPSA) is 38.8 Å². The molecule has 0 saturated heterocycles. The lowest BCUT2D eigenvalue weighted by Crippen LogP contribution is -2.39. The molecule has 1 amide bonds. The lowest BCUT2D eigenvalue weighted by Gasteiger charge is -2.36. The highest BCUT2D eigenvalue weighted by atomic mass is 16.6. The molecule has 0 fully saturated rings. The third-order valence-corrected chi connectivity index (χ3v) is 4.25. The standard InChI is InChI=1S/C17H23NO3/c1-11(2)8-17(19)18-5-4-13-9-15-16(21-7-6-20-15)10-14(13)12(18)3/h9-12H,4-8H2,1-3H3. The van der Waals surface area contributed by atoms with Crippen LogP contribution < -0.4 is 9.47 Å². The molecule has 0 radical (unpaired) electrons. The summed E-state index contributed by atoms with van der Waals surface area (Å²) in [5.74, 6) is 2.29. The summed E-state index contributed by atoms with van der Waals surface area (Å²) < 4.78 is 11.3. The lowest BCUT2D eigenvalue weighted by molar-refractivity contribution is -0.134. The molecular formula is C17H23NO3. The minimum Gasteiger partial charge on any atom is -0.486 e. The number of carbonyl (C=O) groups is 1. The van der Waals surface area contributed by atoms with Crippen molar-refractivity contribution in [3.05, 3.63) is 23.3 Å². The van der Waals surface area contributed by atoms with E-state index in [-0.39, 0.29) is 11.9 Å². The molecule has 4 heteroatoms. The Hall–Kier alpha value is -1.71. The van der Waals surface area contributed by atoms with Crippen LogP contribution in [0.1, 0.15) is 44.4 Å². The number of benzene rings is 1. The largest absolute Gasteiger partial charge is 0.486 e. The fourth-order valence-corrected chi connectivity index (χ4v) is 3.16. The zero-order valence-electron chi connectivity index (χ0n) is 13.0. The first-order valence-corrected chi connectivity index (χ1v) is 7.78. The van der Waals surface area contributed by atoms with Gasteiger partial charge in [0, 0.05) is 13.0 Å².